The van der Waals surface area contributed by atoms with Crippen molar-refractivity contribution in [2.75, 3.05) is 12.8 Å². The van der Waals surface area contributed by atoms with Gasteiger partial charge in [-0.3, -0.25) is 0 Å². The fourth-order valence-electron chi connectivity index (χ4n) is 1.96. The maximum absolute atomic E-state index is 13.1. The van der Waals surface area contributed by atoms with Gasteiger partial charge < -0.3 is 15.0 Å². The molecule has 2 N–H and O–H groups in total. The number of carbonyl (C=O) groups excluding carboxylic acids is 1. The summed E-state index contributed by atoms with van der Waals surface area (Å²) in [7, 11) is 1.32. The number of halogens is 1. The molecule has 0 radical (unpaired) electrons. The summed E-state index contributed by atoms with van der Waals surface area (Å²) in [5.41, 5.74) is 8.30. The molecular weight excluding hydrogens is 247 g/mol. The van der Waals surface area contributed by atoms with Gasteiger partial charge in [-0.2, -0.15) is 0 Å². The SMILES string of the molecule is COC(=O)c1cc(N)cn1Cc1ccc(F)cc1C. The molecule has 0 aliphatic carbocycles. The van der Waals surface area contributed by atoms with E-state index in [1.165, 1.54) is 19.2 Å². The van der Waals surface area contributed by atoms with Crippen molar-refractivity contribution in [1.29, 1.82) is 0 Å². The summed E-state index contributed by atoms with van der Waals surface area (Å²) in [5, 5.41) is 0. The summed E-state index contributed by atoms with van der Waals surface area (Å²) in [6, 6.07) is 6.11. The number of benzene rings is 1. The van der Waals surface area contributed by atoms with Gasteiger partial charge in [0.15, 0.2) is 0 Å². The first-order chi connectivity index (χ1) is 9.01. The Balaban J connectivity index is 2.35. The number of nitrogens with two attached hydrogens (primary N) is 1. The zero-order valence-electron chi connectivity index (χ0n) is 10.8. The van der Waals surface area contributed by atoms with Crippen LogP contribution in [0.15, 0.2) is 30.5 Å². The van der Waals surface area contributed by atoms with Gasteiger partial charge in [0.2, 0.25) is 0 Å². The molecule has 1 heterocycles. The lowest BCUT2D eigenvalue weighted by atomic mass is 10.1. The molecule has 0 amide bonds. The maximum Gasteiger partial charge on any atom is 0.354 e. The molecule has 0 unspecified atom stereocenters. The fourth-order valence-corrected chi connectivity index (χ4v) is 1.96. The maximum atomic E-state index is 13.1. The second-order valence-electron chi connectivity index (χ2n) is 4.35. The highest BCUT2D eigenvalue weighted by molar-refractivity contribution is 5.89. The number of ether oxygens (including phenoxy) is 1. The van der Waals surface area contributed by atoms with Crippen LogP contribution in [0.4, 0.5) is 10.1 Å². The minimum Gasteiger partial charge on any atom is -0.464 e. The highest BCUT2D eigenvalue weighted by Gasteiger charge is 2.14. The molecule has 0 fully saturated rings. The molecule has 0 aliphatic heterocycles. The van der Waals surface area contributed by atoms with Gasteiger partial charge in [0.1, 0.15) is 11.5 Å². The van der Waals surface area contributed by atoms with E-state index in [1.54, 1.807) is 22.9 Å². The Hall–Kier alpha value is -2.30. The van der Waals surface area contributed by atoms with E-state index in [0.717, 1.165) is 11.1 Å². The Morgan fingerprint density at radius 3 is 2.79 bits per heavy atom. The van der Waals surface area contributed by atoms with Gasteiger partial charge in [-0.1, -0.05) is 6.07 Å². The monoisotopic (exact) mass is 262 g/mol. The fraction of sp³-hybridized carbons (Fsp3) is 0.214. The molecule has 2 rings (SSSR count). The minimum atomic E-state index is -0.448. The van der Waals surface area contributed by atoms with Crippen LogP contribution in [0.25, 0.3) is 0 Å². The third kappa shape index (κ3) is 2.76. The van der Waals surface area contributed by atoms with Crippen molar-refractivity contribution < 1.29 is 13.9 Å². The largest absolute Gasteiger partial charge is 0.464 e. The van der Waals surface area contributed by atoms with Crippen LogP contribution in [-0.2, 0) is 11.3 Å². The van der Waals surface area contributed by atoms with Crippen molar-refractivity contribution in [3.05, 3.63) is 53.1 Å². The quantitative estimate of drug-likeness (QED) is 0.864. The molecule has 5 heteroatoms. The lowest BCUT2D eigenvalue weighted by molar-refractivity contribution is 0.0589. The van der Waals surface area contributed by atoms with Crippen LogP contribution < -0.4 is 5.73 Å². The Kier molecular flexibility index (Phi) is 3.55. The van der Waals surface area contributed by atoms with E-state index in [2.05, 4.69) is 0 Å². The van der Waals surface area contributed by atoms with Gasteiger partial charge in [-0.15, -0.1) is 0 Å². The first-order valence-corrected chi connectivity index (χ1v) is 5.80. The van der Waals surface area contributed by atoms with Crippen molar-refractivity contribution in [2.24, 2.45) is 0 Å². The van der Waals surface area contributed by atoms with Gasteiger partial charge in [0.25, 0.3) is 0 Å². The highest BCUT2D eigenvalue weighted by Crippen LogP contribution is 2.17. The Morgan fingerprint density at radius 1 is 1.42 bits per heavy atom. The molecule has 0 spiro atoms. The normalized spacial score (nSPS) is 10.5. The third-order valence-corrected chi connectivity index (χ3v) is 2.96. The number of carbonyl (C=O) groups is 1. The molecule has 0 saturated carbocycles. The second-order valence-corrected chi connectivity index (χ2v) is 4.35. The van der Waals surface area contributed by atoms with Crippen LogP contribution in [0.3, 0.4) is 0 Å². The van der Waals surface area contributed by atoms with Crippen LogP contribution in [0, 0.1) is 12.7 Å². The van der Waals surface area contributed by atoms with Crippen molar-refractivity contribution >= 4 is 11.7 Å². The lowest BCUT2D eigenvalue weighted by Gasteiger charge is -2.10. The second kappa shape index (κ2) is 5.14. The summed E-state index contributed by atoms with van der Waals surface area (Å²) in [4.78, 5) is 11.6. The molecule has 19 heavy (non-hydrogen) atoms. The predicted molar refractivity (Wildman–Crippen MR) is 70.4 cm³/mol. The Morgan fingerprint density at radius 2 is 2.16 bits per heavy atom. The minimum absolute atomic E-state index is 0.276. The van der Waals surface area contributed by atoms with E-state index >= 15 is 0 Å². The van der Waals surface area contributed by atoms with Gasteiger partial charge in [0, 0.05) is 12.7 Å². The molecular formula is C14H15FN2O2. The average Bonchev–Trinajstić information content (AvgIpc) is 2.73. The van der Waals surface area contributed by atoms with Gasteiger partial charge >= 0.3 is 5.97 Å². The first-order valence-electron chi connectivity index (χ1n) is 5.80. The van der Waals surface area contributed by atoms with E-state index < -0.39 is 5.97 Å². The summed E-state index contributed by atoms with van der Waals surface area (Å²) in [5.74, 6) is -0.724. The summed E-state index contributed by atoms with van der Waals surface area (Å²) < 4.78 is 19.4. The van der Waals surface area contributed by atoms with Crippen LogP contribution in [0.2, 0.25) is 0 Å². The van der Waals surface area contributed by atoms with Gasteiger partial charge in [0.05, 0.1) is 12.8 Å². The first kappa shape index (κ1) is 13.1. The molecule has 2 aromatic rings. The van der Waals surface area contributed by atoms with Crippen molar-refractivity contribution in [2.45, 2.75) is 13.5 Å². The molecule has 0 aliphatic rings. The van der Waals surface area contributed by atoms with Crippen LogP contribution in [0.1, 0.15) is 21.6 Å². The summed E-state index contributed by atoms with van der Waals surface area (Å²) in [6.07, 6.45) is 1.66. The number of hydrogen-bond donors (Lipinski definition) is 1. The van der Waals surface area contributed by atoms with E-state index in [9.17, 15) is 9.18 Å². The topological polar surface area (TPSA) is 57.2 Å². The van der Waals surface area contributed by atoms with Crippen molar-refractivity contribution in [3.8, 4) is 0 Å². The summed E-state index contributed by atoms with van der Waals surface area (Å²) >= 11 is 0. The lowest BCUT2D eigenvalue weighted by Crippen LogP contribution is -2.11. The molecule has 0 atom stereocenters. The number of aromatic nitrogens is 1. The van der Waals surface area contributed by atoms with E-state index in [-0.39, 0.29) is 5.82 Å². The molecule has 100 valence electrons. The number of anilines is 1. The standard InChI is InChI=1S/C14H15FN2O2/c1-9-5-11(15)4-3-10(9)7-17-8-12(16)6-13(17)14(18)19-2/h3-6,8H,7,16H2,1-2H3. The number of methoxy groups -OCH3 is 1. The number of nitrogen functional groups attached to an aromatic ring is 1. The van der Waals surface area contributed by atoms with E-state index in [0.29, 0.717) is 17.9 Å². The van der Waals surface area contributed by atoms with Gasteiger partial charge in [-0.25, -0.2) is 9.18 Å². The third-order valence-electron chi connectivity index (χ3n) is 2.96. The molecule has 1 aromatic carbocycles. The van der Waals surface area contributed by atoms with Crippen molar-refractivity contribution in [3.63, 3.8) is 0 Å². The Labute approximate surface area is 110 Å². The number of esters is 1. The molecule has 4 nitrogen and oxygen atoms in total. The van der Waals surface area contributed by atoms with E-state index in [1.807, 2.05) is 6.92 Å². The van der Waals surface area contributed by atoms with Crippen molar-refractivity contribution in [1.82, 2.24) is 4.57 Å². The Bertz CT molecular complexity index is 620. The zero-order chi connectivity index (χ0) is 14.0. The molecule has 0 saturated heterocycles. The molecule has 0 bridgehead atoms. The average molecular weight is 262 g/mol. The van der Waals surface area contributed by atoms with Gasteiger partial charge in [-0.05, 0) is 36.2 Å². The van der Waals surface area contributed by atoms with Crippen LogP contribution in [-0.4, -0.2) is 17.6 Å². The zero-order valence-corrected chi connectivity index (χ0v) is 10.8. The number of rotatable bonds is 3. The number of hydrogen-bond acceptors (Lipinski definition) is 3. The number of nitrogens with zero attached hydrogens (tertiary/aromatic N) is 1. The van der Waals surface area contributed by atoms with Crippen LogP contribution in [0.5, 0.6) is 0 Å². The predicted octanol–water partition coefficient (Wildman–Crippen LogP) is 2.35. The summed E-state index contributed by atoms with van der Waals surface area (Å²) in [6.45, 7) is 2.26. The van der Waals surface area contributed by atoms with Crippen LogP contribution >= 0.6 is 0 Å². The highest BCUT2D eigenvalue weighted by atomic mass is 19.1. The van der Waals surface area contributed by atoms with E-state index in [4.69, 9.17) is 10.5 Å². The smallest absolute Gasteiger partial charge is 0.354 e. The molecule has 1 aromatic heterocycles. The number of aryl methyl sites for hydroxylation is 1.